The second-order valence-electron chi connectivity index (χ2n) is 8.40. The summed E-state index contributed by atoms with van der Waals surface area (Å²) in [7, 11) is 0. The number of likely N-dealkylation sites (tertiary alicyclic amines) is 1. The predicted molar refractivity (Wildman–Crippen MR) is 94.7 cm³/mol. The zero-order valence-corrected chi connectivity index (χ0v) is 16.7. The van der Waals surface area contributed by atoms with E-state index in [0.29, 0.717) is 37.4 Å². The Labute approximate surface area is 151 Å². The number of ether oxygens (including phenoxy) is 1. The summed E-state index contributed by atoms with van der Waals surface area (Å²) in [5.74, 6) is 0. The fourth-order valence-electron chi connectivity index (χ4n) is 2.51. The van der Waals surface area contributed by atoms with Gasteiger partial charge in [-0.25, -0.2) is 4.79 Å². The normalized spacial score (nSPS) is 17.4. The lowest BCUT2D eigenvalue weighted by molar-refractivity contribution is -0.726. The third-order valence-corrected chi connectivity index (χ3v) is 3.78. The molecule has 1 rings (SSSR count). The van der Waals surface area contributed by atoms with Crippen LogP contribution in [0.25, 0.3) is 0 Å². The van der Waals surface area contributed by atoms with Gasteiger partial charge in [0.2, 0.25) is 5.28 Å². The van der Waals surface area contributed by atoms with Gasteiger partial charge in [-0.05, 0) is 48.0 Å². The van der Waals surface area contributed by atoms with Gasteiger partial charge in [0.25, 0.3) is 0 Å². The Bertz CT molecular complexity index is 460. The van der Waals surface area contributed by atoms with Crippen LogP contribution in [0.4, 0.5) is 4.79 Å². The van der Waals surface area contributed by atoms with Gasteiger partial charge in [0, 0.05) is 25.9 Å². The van der Waals surface area contributed by atoms with E-state index in [-0.39, 0.29) is 17.7 Å². The van der Waals surface area contributed by atoms with Gasteiger partial charge >= 0.3 is 6.09 Å². The molecule has 1 amide bonds. The minimum atomic E-state index is -0.501. The van der Waals surface area contributed by atoms with Crippen LogP contribution in [0, 0.1) is 5.21 Å². The summed E-state index contributed by atoms with van der Waals surface area (Å²) in [5, 5.41) is 17.6. The summed E-state index contributed by atoms with van der Waals surface area (Å²) in [6, 6.07) is 0. The highest BCUT2D eigenvalue weighted by molar-refractivity contribution is 5.68. The minimum absolute atomic E-state index is 0.168. The van der Waals surface area contributed by atoms with Crippen LogP contribution in [0.5, 0.6) is 0 Å². The maximum Gasteiger partial charge on any atom is 0.410 e. The van der Waals surface area contributed by atoms with Crippen LogP contribution in [-0.2, 0) is 9.57 Å². The minimum Gasteiger partial charge on any atom is -0.569 e. The Hall–Kier alpha value is -1.73. The Morgan fingerprint density at radius 2 is 1.80 bits per heavy atom. The van der Waals surface area contributed by atoms with Crippen LogP contribution in [0.15, 0.2) is 5.28 Å². The number of rotatable bonds is 5. The first-order chi connectivity index (χ1) is 11.4. The molecule has 0 N–H and O–H groups in total. The Morgan fingerprint density at radius 1 is 1.24 bits per heavy atom. The summed E-state index contributed by atoms with van der Waals surface area (Å²) < 4.78 is 5.36. The lowest BCUT2D eigenvalue weighted by atomic mass is 10.1. The monoisotopic (exact) mass is 358 g/mol. The number of amides is 1. The average molecular weight is 358 g/mol. The van der Waals surface area contributed by atoms with Crippen molar-refractivity contribution in [3.63, 3.8) is 0 Å². The Morgan fingerprint density at radius 3 is 2.24 bits per heavy atom. The number of hydrazine groups is 1. The summed E-state index contributed by atoms with van der Waals surface area (Å²) in [4.78, 5) is 19.7. The van der Waals surface area contributed by atoms with Crippen molar-refractivity contribution >= 4 is 6.09 Å². The number of hydrogen-bond acceptors (Lipinski definition) is 5. The van der Waals surface area contributed by atoms with Crippen molar-refractivity contribution in [3.05, 3.63) is 5.21 Å². The molecule has 8 nitrogen and oxygen atoms in total. The predicted octanol–water partition coefficient (Wildman–Crippen LogP) is 3.71. The molecule has 0 radical (unpaired) electrons. The molecule has 1 saturated heterocycles. The number of hydrogen-bond donors (Lipinski definition) is 0. The van der Waals surface area contributed by atoms with Gasteiger partial charge in [-0.3, -0.25) is 0 Å². The van der Waals surface area contributed by atoms with E-state index in [1.165, 1.54) is 0 Å². The molecule has 0 spiro atoms. The lowest BCUT2D eigenvalue weighted by Gasteiger charge is -2.32. The molecule has 0 unspecified atom stereocenters. The van der Waals surface area contributed by atoms with Gasteiger partial charge in [-0.15, -0.1) is 5.01 Å². The second-order valence-corrected chi connectivity index (χ2v) is 8.40. The number of carbonyl (C=O) groups excluding carboxylic acids is 1. The molecule has 0 aromatic rings. The van der Waals surface area contributed by atoms with E-state index in [1.807, 2.05) is 48.5 Å². The summed E-state index contributed by atoms with van der Waals surface area (Å²) in [5.41, 5.74) is -0.830. The van der Waals surface area contributed by atoms with Gasteiger partial charge in [0.1, 0.15) is 11.7 Å². The molecule has 0 bridgehead atoms. The molecule has 1 heterocycles. The first-order valence-electron chi connectivity index (χ1n) is 9.03. The van der Waals surface area contributed by atoms with E-state index < -0.39 is 5.60 Å². The fourth-order valence-corrected chi connectivity index (χ4v) is 2.51. The van der Waals surface area contributed by atoms with Crippen LogP contribution in [0.2, 0.25) is 0 Å². The summed E-state index contributed by atoms with van der Waals surface area (Å²) >= 11 is 0. The van der Waals surface area contributed by atoms with E-state index in [0.717, 1.165) is 6.42 Å². The molecule has 146 valence electrons. The molecule has 0 aromatic heterocycles. The van der Waals surface area contributed by atoms with Crippen LogP contribution < -0.4 is 0 Å². The maximum atomic E-state index is 12.2. The highest BCUT2D eigenvalue weighted by atomic mass is 16.7. The molecule has 1 aliphatic heterocycles. The van der Waals surface area contributed by atoms with Gasteiger partial charge < -0.3 is 19.7 Å². The van der Waals surface area contributed by atoms with E-state index in [4.69, 9.17) is 9.57 Å². The fraction of sp³-hybridized carbons (Fsp3) is 0.941. The van der Waals surface area contributed by atoms with Gasteiger partial charge in [0.15, 0.2) is 0 Å². The van der Waals surface area contributed by atoms with Crippen molar-refractivity contribution in [2.45, 2.75) is 85.0 Å². The van der Waals surface area contributed by atoms with Crippen LogP contribution in [-0.4, -0.2) is 57.8 Å². The molecule has 8 heteroatoms. The quantitative estimate of drug-likeness (QED) is 0.425. The third kappa shape index (κ3) is 7.36. The first kappa shape index (κ1) is 21.3. The van der Waals surface area contributed by atoms with E-state index in [2.05, 4.69) is 5.28 Å². The topological polar surface area (TPSA) is 80.4 Å². The van der Waals surface area contributed by atoms with Crippen LogP contribution in [0.3, 0.4) is 0 Å². The van der Waals surface area contributed by atoms with Crippen molar-refractivity contribution in [2.24, 2.45) is 5.28 Å². The zero-order valence-electron chi connectivity index (χ0n) is 16.7. The molecule has 1 fully saturated rings. The summed E-state index contributed by atoms with van der Waals surface area (Å²) in [6.07, 6.45) is 1.62. The van der Waals surface area contributed by atoms with Crippen LogP contribution in [0.1, 0.15) is 67.7 Å². The molecular formula is C17H34N4O4. The SMILES string of the molecule is CCCN(/[N+]([O-])=N/OC1CCN(C(=O)OC(C)(C)C)CC1)C(C)(C)C. The Kier molecular flexibility index (Phi) is 7.31. The summed E-state index contributed by atoms with van der Waals surface area (Å²) in [6.45, 7) is 15.1. The van der Waals surface area contributed by atoms with Crippen molar-refractivity contribution < 1.29 is 19.3 Å². The van der Waals surface area contributed by atoms with E-state index in [9.17, 15) is 10.0 Å². The molecule has 0 aliphatic carbocycles. The highest BCUT2D eigenvalue weighted by Gasteiger charge is 2.30. The van der Waals surface area contributed by atoms with Gasteiger partial charge in [-0.1, -0.05) is 6.92 Å². The van der Waals surface area contributed by atoms with Gasteiger partial charge in [0.05, 0.1) is 17.1 Å². The largest absolute Gasteiger partial charge is 0.569 e. The smallest absolute Gasteiger partial charge is 0.410 e. The van der Waals surface area contributed by atoms with Crippen molar-refractivity contribution in [1.29, 1.82) is 0 Å². The third-order valence-electron chi connectivity index (χ3n) is 3.78. The first-order valence-corrected chi connectivity index (χ1v) is 9.03. The van der Waals surface area contributed by atoms with E-state index >= 15 is 0 Å². The second kappa shape index (κ2) is 8.58. The lowest BCUT2D eigenvalue weighted by Crippen LogP contribution is -2.46. The number of carbonyl (C=O) groups is 1. The standard InChI is InChI=1S/C17H34N4O4/c1-8-11-20(16(2,3)4)21(23)18-25-14-9-12-19(13-10-14)15(22)24-17(5,6)7/h14H,8-13H2,1-7H3/b21-18-. The molecule has 25 heavy (non-hydrogen) atoms. The highest BCUT2D eigenvalue weighted by Crippen LogP contribution is 2.19. The molecule has 0 saturated carbocycles. The zero-order chi connectivity index (χ0) is 19.3. The Balaban J connectivity index is 2.52. The van der Waals surface area contributed by atoms with Gasteiger partial charge in [-0.2, -0.15) is 0 Å². The average Bonchev–Trinajstić information content (AvgIpc) is 2.48. The van der Waals surface area contributed by atoms with Crippen LogP contribution >= 0.6 is 0 Å². The van der Waals surface area contributed by atoms with Crippen molar-refractivity contribution in [2.75, 3.05) is 19.6 Å². The maximum absolute atomic E-state index is 12.2. The molecule has 0 atom stereocenters. The van der Waals surface area contributed by atoms with Crippen molar-refractivity contribution in [3.8, 4) is 0 Å². The van der Waals surface area contributed by atoms with Crippen molar-refractivity contribution in [1.82, 2.24) is 9.91 Å². The number of piperidine rings is 1. The number of nitrogens with zero attached hydrogens (tertiary/aromatic N) is 4. The molecule has 1 aliphatic rings. The molecule has 0 aromatic carbocycles. The molecular weight excluding hydrogens is 324 g/mol. The van der Waals surface area contributed by atoms with E-state index in [1.54, 1.807) is 9.91 Å².